The zero-order valence-electron chi connectivity index (χ0n) is 12.3. The quantitative estimate of drug-likeness (QED) is 0.887. The van der Waals surface area contributed by atoms with Crippen molar-refractivity contribution >= 4 is 6.09 Å². The van der Waals surface area contributed by atoms with Gasteiger partial charge in [-0.05, 0) is 39.5 Å². The van der Waals surface area contributed by atoms with Gasteiger partial charge in [0.2, 0.25) is 0 Å². The van der Waals surface area contributed by atoms with E-state index in [0.29, 0.717) is 11.7 Å². The molecule has 1 aliphatic carbocycles. The number of carbonyl (C=O) groups is 1. The number of rotatable bonds is 3. The molecule has 20 heavy (non-hydrogen) atoms. The fraction of sp³-hybridized carbons (Fsp3) is 0.846. The van der Waals surface area contributed by atoms with Crippen LogP contribution in [0, 0.1) is 5.92 Å². The minimum Gasteiger partial charge on any atom is -0.444 e. The summed E-state index contributed by atoms with van der Waals surface area (Å²) in [6.45, 7) is 5.53. The van der Waals surface area contributed by atoms with E-state index in [-0.39, 0.29) is 6.04 Å². The highest BCUT2D eigenvalue weighted by Crippen LogP contribution is 2.33. The van der Waals surface area contributed by atoms with Crippen molar-refractivity contribution < 1.29 is 9.53 Å². The van der Waals surface area contributed by atoms with Crippen LogP contribution in [0.5, 0.6) is 0 Å². The van der Waals surface area contributed by atoms with Crippen LogP contribution in [0.2, 0.25) is 0 Å². The Bertz CT molecular complexity index is 420. The molecule has 0 saturated heterocycles. The molecule has 1 amide bonds. The minimum atomic E-state index is -0.515. The maximum atomic E-state index is 12.0. The number of nitrogens with zero attached hydrogens (tertiary/aromatic N) is 3. The van der Waals surface area contributed by atoms with Gasteiger partial charge >= 0.3 is 6.09 Å². The molecule has 7 heteroatoms. The summed E-state index contributed by atoms with van der Waals surface area (Å²) >= 11 is 0. The van der Waals surface area contributed by atoms with Crippen molar-refractivity contribution in [2.24, 2.45) is 5.92 Å². The van der Waals surface area contributed by atoms with Crippen molar-refractivity contribution in [2.45, 2.75) is 64.5 Å². The first-order valence-corrected chi connectivity index (χ1v) is 7.18. The predicted molar refractivity (Wildman–Crippen MR) is 72.9 cm³/mol. The number of amides is 1. The Morgan fingerprint density at radius 3 is 2.60 bits per heavy atom. The molecular formula is C13H23N5O2. The lowest BCUT2D eigenvalue weighted by atomic mass is 9.83. The predicted octanol–water partition coefficient (Wildman–Crippen LogP) is 2.35. The highest BCUT2D eigenvalue weighted by Gasteiger charge is 2.31. The third-order valence-corrected chi connectivity index (χ3v) is 3.43. The molecule has 112 valence electrons. The molecule has 0 spiro atoms. The van der Waals surface area contributed by atoms with Gasteiger partial charge in [0.1, 0.15) is 5.60 Å². The van der Waals surface area contributed by atoms with Crippen molar-refractivity contribution in [3.63, 3.8) is 0 Å². The van der Waals surface area contributed by atoms with E-state index in [1.165, 1.54) is 19.3 Å². The van der Waals surface area contributed by atoms with Crippen molar-refractivity contribution in [2.75, 3.05) is 0 Å². The SMILES string of the molecule is CC(C)(C)OC(=O)N[C@H](c1nn[nH]n1)C1CCCCC1. The van der Waals surface area contributed by atoms with Crippen LogP contribution in [0.25, 0.3) is 0 Å². The molecular weight excluding hydrogens is 258 g/mol. The van der Waals surface area contributed by atoms with Gasteiger partial charge in [0.15, 0.2) is 5.82 Å². The molecule has 2 rings (SSSR count). The summed E-state index contributed by atoms with van der Waals surface area (Å²) in [5, 5.41) is 17.0. The highest BCUT2D eigenvalue weighted by atomic mass is 16.6. The summed E-state index contributed by atoms with van der Waals surface area (Å²) in [5.41, 5.74) is -0.515. The molecule has 0 bridgehead atoms. The van der Waals surface area contributed by atoms with Gasteiger partial charge in [0, 0.05) is 0 Å². The van der Waals surface area contributed by atoms with Crippen LogP contribution in [0.15, 0.2) is 0 Å². The first-order chi connectivity index (χ1) is 9.46. The topological polar surface area (TPSA) is 92.8 Å². The average molecular weight is 281 g/mol. The summed E-state index contributed by atoms with van der Waals surface area (Å²) in [4.78, 5) is 12.0. The molecule has 0 unspecified atom stereocenters. The van der Waals surface area contributed by atoms with Crippen LogP contribution in [0.1, 0.15) is 64.7 Å². The number of hydrogen-bond donors (Lipinski definition) is 2. The number of ether oxygens (including phenoxy) is 1. The number of aromatic amines is 1. The Morgan fingerprint density at radius 1 is 1.35 bits per heavy atom. The van der Waals surface area contributed by atoms with Gasteiger partial charge in [-0.3, -0.25) is 0 Å². The second kappa shape index (κ2) is 6.19. The third-order valence-electron chi connectivity index (χ3n) is 3.43. The number of H-pyrrole nitrogens is 1. The summed E-state index contributed by atoms with van der Waals surface area (Å²) in [6.07, 6.45) is 5.30. The van der Waals surface area contributed by atoms with Crippen molar-refractivity contribution in [3.05, 3.63) is 5.82 Å². The fourth-order valence-electron chi connectivity index (χ4n) is 2.60. The van der Waals surface area contributed by atoms with Crippen LogP contribution < -0.4 is 5.32 Å². The maximum absolute atomic E-state index is 12.0. The Labute approximate surface area is 118 Å². The van der Waals surface area contributed by atoms with Crippen molar-refractivity contribution in [3.8, 4) is 0 Å². The monoisotopic (exact) mass is 281 g/mol. The van der Waals surface area contributed by atoms with Gasteiger partial charge in [-0.2, -0.15) is 5.21 Å². The lowest BCUT2D eigenvalue weighted by Crippen LogP contribution is -2.38. The van der Waals surface area contributed by atoms with Crippen molar-refractivity contribution in [1.29, 1.82) is 0 Å². The van der Waals surface area contributed by atoms with Crippen LogP contribution in [0.3, 0.4) is 0 Å². The third kappa shape index (κ3) is 4.18. The zero-order chi connectivity index (χ0) is 14.6. The van der Waals surface area contributed by atoms with Gasteiger partial charge in [-0.15, -0.1) is 10.2 Å². The van der Waals surface area contributed by atoms with Gasteiger partial charge in [-0.1, -0.05) is 24.5 Å². The molecule has 2 N–H and O–H groups in total. The molecule has 1 aromatic rings. The Morgan fingerprint density at radius 2 is 2.05 bits per heavy atom. The Hall–Kier alpha value is -1.66. The molecule has 1 fully saturated rings. The van der Waals surface area contributed by atoms with E-state index in [1.54, 1.807) is 0 Å². The van der Waals surface area contributed by atoms with E-state index in [2.05, 4.69) is 25.9 Å². The van der Waals surface area contributed by atoms with E-state index in [4.69, 9.17) is 4.74 Å². The maximum Gasteiger partial charge on any atom is 0.408 e. The fourth-order valence-corrected chi connectivity index (χ4v) is 2.60. The lowest BCUT2D eigenvalue weighted by molar-refractivity contribution is 0.0472. The van der Waals surface area contributed by atoms with Gasteiger partial charge in [-0.25, -0.2) is 4.79 Å². The molecule has 0 aliphatic heterocycles. The summed E-state index contributed by atoms with van der Waals surface area (Å²) in [5.74, 6) is 0.872. The summed E-state index contributed by atoms with van der Waals surface area (Å²) in [7, 11) is 0. The van der Waals surface area contributed by atoms with Crippen LogP contribution >= 0.6 is 0 Å². The number of aromatic nitrogens is 4. The molecule has 0 aromatic carbocycles. The largest absolute Gasteiger partial charge is 0.444 e. The van der Waals surface area contributed by atoms with Crippen LogP contribution in [0.4, 0.5) is 4.79 Å². The molecule has 1 saturated carbocycles. The molecule has 7 nitrogen and oxygen atoms in total. The van der Waals surface area contributed by atoms with Crippen molar-refractivity contribution in [1.82, 2.24) is 25.9 Å². The van der Waals surface area contributed by atoms with E-state index < -0.39 is 11.7 Å². The number of nitrogens with one attached hydrogen (secondary N) is 2. The molecule has 0 radical (unpaired) electrons. The van der Waals surface area contributed by atoms with Crippen LogP contribution in [-0.4, -0.2) is 32.3 Å². The first-order valence-electron chi connectivity index (χ1n) is 7.18. The molecule has 1 heterocycles. The number of tetrazole rings is 1. The van der Waals surface area contributed by atoms with E-state index in [0.717, 1.165) is 12.8 Å². The first kappa shape index (κ1) is 14.7. The molecule has 1 atom stereocenters. The van der Waals surface area contributed by atoms with Gasteiger partial charge in [0.05, 0.1) is 6.04 Å². The standard InChI is InChI=1S/C13H23N5O2/c1-13(2,3)20-12(19)14-10(11-15-17-18-16-11)9-7-5-4-6-8-9/h9-10H,4-8H2,1-3H3,(H,14,19)(H,15,16,17,18)/t10-/m0/s1. The summed E-state index contributed by atoms with van der Waals surface area (Å²) in [6, 6.07) is -0.233. The highest BCUT2D eigenvalue weighted by molar-refractivity contribution is 5.68. The molecule has 1 aliphatic rings. The smallest absolute Gasteiger partial charge is 0.408 e. The average Bonchev–Trinajstić information content (AvgIpc) is 2.88. The zero-order valence-corrected chi connectivity index (χ0v) is 12.3. The number of carbonyl (C=O) groups excluding carboxylic acids is 1. The van der Waals surface area contributed by atoms with Gasteiger partial charge in [0.25, 0.3) is 0 Å². The second-order valence-corrected chi connectivity index (χ2v) is 6.29. The normalized spacial score (nSPS) is 18.6. The van der Waals surface area contributed by atoms with Crippen LogP contribution in [-0.2, 0) is 4.74 Å². The van der Waals surface area contributed by atoms with Gasteiger partial charge < -0.3 is 10.1 Å². The van der Waals surface area contributed by atoms with E-state index >= 15 is 0 Å². The second-order valence-electron chi connectivity index (χ2n) is 6.29. The Balaban J connectivity index is 2.05. The minimum absolute atomic E-state index is 0.233. The number of hydrogen-bond acceptors (Lipinski definition) is 5. The lowest BCUT2D eigenvalue weighted by Gasteiger charge is -2.29. The van der Waals surface area contributed by atoms with E-state index in [1.807, 2.05) is 20.8 Å². The number of alkyl carbamates (subject to hydrolysis) is 1. The summed E-state index contributed by atoms with van der Waals surface area (Å²) < 4.78 is 5.32. The molecule has 1 aromatic heterocycles. The Kier molecular flexibility index (Phi) is 4.57. The van der Waals surface area contributed by atoms with E-state index in [9.17, 15) is 4.79 Å².